The zero-order valence-corrected chi connectivity index (χ0v) is 14.7. The lowest BCUT2D eigenvalue weighted by atomic mass is 10.1. The Hall–Kier alpha value is -2.89. The van der Waals surface area contributed by atoms with Crippen LogP contribution in [0.2, 0.25) is 0 Å². The molecule has 0 aromatic heterocycles. The van der Waals surface area contributed by atoms with E-state index in [1.807, 2.05) is 24.3 Å². The van der Waals surface area contributed by atoms with Crippen LogP contribution in [0.15, 0.2) is 48.5 Å². The van der Waals surface area contributed by atoms with Gasteiger partial charge in [0.2, 0.25) is 5.91 Å². The van der Waals surface area contributed by atoms with E-state index >= 15 is 0 Å². The molecule has 0 bridgehead atoms. The van der Waals surface area contributed by atoms with Crippen LogP contribution in [0.1, 0.15) is 24.0 Å². The molecule has 6 heteroatoms. The van der Waals surface area contributed by atoms with Gasteiger partial charge in [-0.3, -0.25) is 10.2 Å². The van der Waals surface area contributed by atoms with Gasteiger partial charge in [0.25, 0.3) is 0 Å². The summed E-state index contributed by atoms with van der Waals surface area (Å²) in [4.78, 5) is 13.9. The maximum absolute atomic E-state index is 13.1. The van der Waals surface area contributed by atoms with E-state index < -0.39 is 0 Å². The van der Waals surface area contributed by atoms with Crippen LogP contribution >= 0.6 is 0 Å². The summed E-state index contributed by atoms with van der Waals surface area (Å²) in [5.41, 5.74) is 1.89. The Balaban J connectivity index is 1.61. The number of nitrogens with one attached hydrogen (secondary N) is 2. The van der Waals surface area contributed by atoms with Crippen molar-refractivity contribution in [2.24, 2.45) is 0 Å². The Bertz CT molecular complexity index is 775. The molecule has 26 heavy (non-hydrogen) atoms. The summed E-state index contributed by atoms with van der Waals surface area (Å²) < 4.78 is 18.2. The third-order valence-electron chi connectivity index (χ3n) is 4.57. The summed E-state index contributed by atoms with van der Waals surface area (Å²) in [6, 6.07) is 13.5. The van der Waals surface area contributed by atoms with E-state index in [2.05, 4.69) is 5.32 Å². The third-order valence-corrected chi connectivity index (χ3v) is 4.57. The second kappa shape index (κ2) is 7.99. The van der Waals surface area contributed by atoms with Crippen molar-refractivity contribution in [3.05, 3.63) is 65.5 Å². The molecule has 1 fully saturated rings. The average Bonchev–Trinajstić information content (AvgIpc) is 3.02. The number of benzene rings is 2. The van der Waals surface area contributed by atoms with Crippen molar-refractivity contribution >= 4 is 11.7 Å². The van der Waals surface area contributed by atoms with Crippen LogP contribution in [-0.2, 0) is 17.9 Å². The minimum absolute atomic E-state index is 0.0234. The third kappa shape index (κ3) is 4.20. The second-order valence-electron chi connectivity index (χ2n) is 6.32. The lowest BCUT2D eigenvalue weighted by molar-refractivity contribution is -0.128. The number of amidine groups is 1. The van der Waals surface area contributed by atoms with Gasteiger partial charge in [0.1, 0.15) is 17.4 Å². The molecule has 0 radical (unpaired) electrons. The molecule has 0 saturated carbocycles. The van der Waals surface area contributed by atoms with E-state index in [0.29, 0.717) is 31.8 Å². The molecule has 2 aromatic rings. The Morgan fingerprint density at radius 1 is 1.19 bits per heavy atom. The van der Waals surface area contributed by atoms with Gasteiger partial charge in [0.05, 0.1) is 13.2 Å². The molecule has 136 valence electrons. The second-order valence-corrected chi connectivity index (χ2v) is 6.32. The largest absolute Gasteiger partial charge is 0.497 e. The van der Waals surface area contributed by atoms with Crippen molar-refractivity contribution in [3.63, 3.8) is 0 Å². The molecule has 1 aliphatic rings. The normalized spacial score (nSPS) is 16.6. The van der Waals surface area contributed by atoms with Gasteiger partial charge in [-0.2, -0.15) is 0 Å². The maximum atomic E-state index is 13.1. The summed E-state index contributed by atoms with van der Waals surface area (Å²) in [6.07, 6.45) is 1.05. The van der Waals surface area contributed by atoms with Gasteiger partial charge in [0, 0.05) is 19.5 Å². The molecule has 2 aromatic carbocycles. The number of amides is 1. The van der Waals surface area contributed by atoms with Crippen LogP contribution in [0, 0.1) is 11.2 Å². The topological polar surface area (TPSA) is 65.4 Å². The highest BCUT2D eigenvalue weighted by Gasteiger charge is 2.33. The number of hydrogen-bond donors (Lipinski definition) is 2. The number of likely N-dealkylation sites (tertiary alicyclic amines) is 1. The standard InChI is InChI=1S/C20H22FN3O2/c1-26-17-8-4-14(5-9-17)12-23-20(22)18-10-11-19(25)24(18)13-15-2-6-16(21)7-3-15/h2-9,18H,10-13H2,1H3,(H2,22,23)/t18-/m0/s1. The van der Waals surface area contributed by atoms with Crippen molar-refractivity contribution in [1.82, 2.24) is 10.2 Å². The number of nitrogens with zero attached hydrogens (tertiary/aromatic N) is 1. The first-order chi connectivity index (χ1) is 12.6. The van der Waals surface area contributed by atoms with Gasteiger partial charge in [-0.25, -0.2) is 4.39 Å². The highest BCUT2D eigenvalue weighted by atomic mass is 19.1. The summed E-state index contributed by atoms with van der Waals surface area (Å²) in [7, 11) is 1.62. The van der Waals surface area contributed by atoms with E-state index in [1.165, 1.54) is 12.1 Å². The summed E-state index contributed by atoms with van der Waals surface area (Å²) in [5, 5.41) is 11.5. The molecular formula is C20H22FN3O2. The van der Waals surface area contributed by atoms with Crippen molar-refractivity contribution in [2.45, 2.75) is 32.0 Å². The number of rotatable bonds is 6. The zero-order chi connectivity index (χ0) is 18.5. The van der Waals surface area contributed by atoms with Crippen molar-refractivity contribution in [1.29, 1.82) is 5.41 Å². The quantitative estimate of drug-likeness (QED) is 0.618. The van der Waals surface area contributed by atoms with Crippen LogP contribution in [0.5, 0.6) is 5.75 Å². The number of ether oxygens (including phenoxy) is 1. The first-order valence-corrected chi connectivity index (χ1v) is 8.56. The highest BCUT2D eigenvalue weighted by molar-refractivity contribution is 5.92. The van der Waals surface area contributed by atoms with E-state index in [0.717, 1.165) is 16.9 Å². The minimum Gasteiger partial charge on any atom is -0.497 e. The maximum Gasteiger partial charge on any atom is 0.223 e. The Kier molecular flexibility index (Phi) is 5.51. The van der Waals surface area contributed by atoms with Crippen molar-refractivity contribution in [2.75, 3.05) is 7.11 Å². The number of hydrogen-bond acceptors (Lipinski definition) is 3. The molecule has 5 nitrogen and oxygen atoms in total. The SMILES string of the molecule is COc1ccc(CNC(=N)[C@@H]2CCC(=O)N2Cc2ccc(F)cc2)cc1. The van der Waals surface area contributed by atoms with Gasteiger partial charge >= 0.3 is 0 Å². The summed E-state index contributed by atoms with van der Waals surface area (Å²) in [5.74, 6) is 0.840. The molecule has 0 aliphatic carbocycles. The molecule has 1 atom stereocenters. The number of halogens is 1. The monoisotopic (exact) mass is 355 g/mol. The average molecular weight is 355 g/mol. The number of methoxy groups -OCH3 is 1. The van der Waals surface area contributed by atoms with Crippen molar-refractivity contribution in [3.8, 4) is 5.75 Å². The predicted molar refractivity (Wildman–Crippen MR) is 97.5 cm³/mol. The lowest BCUT2D eigenvalue weighted by Crippen LogP contribution is -2.43. The van der Waals surface area contributed by atoms with E-state index in [9.17, 15) is 9.18 Å². The Morgan fingerprint density at radius 2 is 1.85 bits per heavy atom. The van der Waals surface area contributed by atoms with Crippen LogP contribution in [0.4, 0.5) is 4.39 Å². The Morgan fingerprint density at radius 3 is 2.50 bits per heavy atom. The highest BCUT2D eigenvalue weighted by Crippen LogP contribution is 2.22. The molecule has 1 amide bonds. The molecule has 1 aliphatic heterocycles. The van der Waals surface area contributed by atoms with Crippen LogP contribution < -0.4 is 10.1 Å². The van der Waals surface area contributed by atoms with Crippen LogP contribution in [-0.4, -0.2) is 29.8 Å². The zero-order valence-electron chi connectivity index (χ0n) is 14.7. The minimum atomic E-state index is -0.299. The fourth-order valence-electron chi connectivity index (χ4n) is 3.08. The summed E-state index contributed by atoms with van der Waals surface area (Å²) in [6.45, 7) is 0.897. The molecule has 1 heterocycles. The van der Waals surface area contributed by atoms with Gasteiger partial charge in [-0.15, -0.1) is 0 Å². The molecule has 1 saturated heterocycles. The van der Waals surface area contributed by atoms with Gasteiger partial charge < -0.3 is 15.0 Å². The predicted octanol–water partition coefficient (Wildman–Crippen LogP) is 3.09. The van der Waals surface area contributed by atoms with Gasteiger partial charge in [-0.05, 0) is 41.8 Å². The van der Waals surface area contributed by atoms with E-state index in [4.69, 9.17) is 10.1 Å². The van der Waals surface area contributed by atoms with E-state index in [1.54, 1.807) is 24.1 Å². The first kappa shape index (κ1) is 17.9. The molecule has 0 unspecified atom stereocenters. The molecule has 0 spiro atoms. The molecule has 2 N–H and O–H groups in total. The van der Waals surface area contributed by atoms with Gasteiger partial charge in [-0.1, -0.05) is 24.3 Å². The lowest BCUT2D eigenvalue weighted by Gasteiger charge is -2.26. The van der Waals surface area contributed by atoms with Crippen molar-refractivity contribution < 1.29 is 13.9 Å². The van der Waals surface area contributed by atoms with E-state index in [-0.39, 0.29) is 17.8 Å². The first-order valence-electron chi connectivity index (χ1n) is 8.56. The molecular weight excluding hydrogens is 333 g/mol. The van der Waals surface area contributed by atoms with Crippen LogP contribution in [0.3, 0.4) is 0 Å². The smallest absolute Gasteiger partial charge is 0.223 e. The fourth-order valence-corrected chi connectivity index (χ4v) is 3.08. The summed E-state index contributed by atoms with van der Waals surface area (Å²) >= 11 is 0. The van der Waals surface area contributed by atoms with Gasteiger partial charge in [0.15, 0.2) is 0 Å². The number of carbonyl (C=O) groups excluding carboxylic acids is 1. The van der Waals surface area contributed by atoms with Crippen LogP contribution in [0.25, 0.3) is 0 Å². The number of carbonyl (C=O) groups is 1. The fraction of sp³-hybridized carbons (Fsp3) is 0.300. The Labute approximate surface area is 152 Å². The molecule has 3 rings (SSSR count).